The Balaban J connectivity index is 1.93. The molecular weight excluding hydrogens is 274 g/mol. The van der Waals surface area contributed by atoms with E-state index in [4.69, 9.17) is 0 Å². The first-order chi connectivity index (χ1) is 10.1. The zero-order chi connectivity index (χ0) is 15.2. The Bertz CT molecular complexity index is 476. The van der Waals surface area contributed by atoms with Crippen LogP contribution in [0.2, 0.25) is 0 Å². The van der Waals surface area contributed by atoms with Crippen LogP contribution in [0.4, 0.5) is 4.79 Å². The number of aromatic amines is 1. The van der Waals surface area contributed by atoms with Crippen molar-refractivity contribution < 1.29 is 14.7 Å². The molecule has 1 aromatic rings. The highest BCUT2D eigenvalue weighted by molar-refractivity contribution is 5.82. The highest BCUT2D eigenvalue weighted by Crippen LogP contribution is 2.04. The highest BCUT2D eigenvalue weighted by Gasteiger charge is 2.24. The van der Waals surface area contributed by atoms with Gasteiger partial charge in [0, 0.05) is 37.9 Å². The third kappa shape index (κ3) is 4.45. The van der Waals surface area contributed by atoms with Crippen molar-refractivity contribution in [1.82, 2.24) is 25.1 Å². The molecule has 8 heteroatoms. The van der Waals surface area contributed by atoms with Crippen LogP contribution in [0.15, 0.2) is 12.5 Å². The van der Waals surface area contributed by atoms with Gasteiger partial charge < -0.3 is 25.2 Å². The molecule has 0 radical (unpaired) electrons. The van der Waals surface area contributed by atoms with Gasteiger partial charge >= 0.3 is 12.0 Å². The Hall–Kier alpha value is -2.09. The maximum atomic E-state index is 12.2. The van der Waals surface area contributed by atoms with Gasteiger partial charge in [0.2, 0.25) is 0 Å². The Kier molecular flexibility index (Phi) is 5.15. The van der Waals surface area contributed by atoms with Gasteiger partial charge in [-0.2, -0.15) is 0 Å². The van der Waals surface area contributed by atoms with Crippen LogP contribution in [0.3, 0.4) is 0 Å². The van der Waals surface area contributed by atoms with E-state index in [1.165, 1.54) is 6.33 Å². The molecule has 2 amide bonds. The third-order valence-corrected chi connectivity index (χ3v) is 3.58. The molecule has 1 aliphatic rings. The lowest BCUT2D eigenvalue weighted by Crippen LogP contribution is -2.49. The first-order valence-electron chi connectivity index (χ1n) is 7.00. The summed E-state index contributed by atoms with van der Waals surface area (Å²) >= 11 is 0. The van der Waals surface area contributed by atoms with Crippen molar-refractivity contribution in [2.45, 2.75) is 18.9 Å². The molecule has 21 heavy (non-hydrogen) atoms. The molecule has 3 N–H and O–H groups in total. The van der Waals surface area contributed by atoms with Gasteiger partial charge in [0.05, 0.1) is 6.33 Å². The second-order valence-corrected chi connectivity index (χ2v) is 5.27. The van der Waals surface area contributed by atoms with Crippen LogP contribution in [0.25, 0.3) is 0 Å². The van der Waals surface area contributed by atoms with E-state index in [-0.39, 0.29) is 12.5 Å². The number of urea groups is 1. The standard InChI is InChI=1S/C13H21N5O3/c1-17-3-2-4-18(6-5-17)13(21)16-11(12(19)20)7-10-8-14-9-15-10/h8-9,11H,2-7H2,1H3,(H,14,15)(H,16,21)(H,19,20). The van der Waals surface area contributed by atoms with Crippen LogP contribution in [-0.4, -0.2) is 76.1 Å². The van der Waals surface area contributed by atoms with Gasteiger partial charge in [-0.25, -0.2) is 14.6 Å². The van der Waals surface area contributed by atoms with Gasteiger partial charge in [0.15, 0.2) is 0 Å². The Morgan fingerprint density at radius 2 is 2.24 bits per heavy atom. The minimum absolute atomic E-state index is 0.189. The van der Waals surface area contributed by atoms with Crippen molar-refractivity contribution in [3.63, 3.8) is 0 Å². The van der Waals surface area contributed by atoms with Crippen molar-refractivity contribution in [2.75, 3.05) is 33.2 Å². The fourth-order valence-corrected chi connectivity index (χ4v) is 2.31. The largest absolute Gasteiger partial charge is 0.480 e. The zero-order valence-electron chi connectivity index (χ0n) is 12.1. The summed E-state index contributed by atoms with van der Waals surface area (Å²) in [7, 11) is 2.01. The smallest absolute Gasteiger partial charge is 0.326 e. The summed E-state index contributed by atoms with van der Waals surface area (Å²) in [6.45, 7) is 3.00. The lowest BCUT2D eigenvalue weighted by molar-refractivity contribution is -0.139. The second kappa shape index (κ2) is 7.07. The molecule has 8 nitrogen and oxygen atoms in total. The number of hydrogen-bond donors (Lipinski definition) is 3. The summed E-state index contributed by atoms with van der Waals surface area (Å²) in [6, 6.07) is -1.28. The fraction of sp³-hybridized carbons (Fsp3) is 0.615. The summed E-state index contributed by atoms with van der Waals surface area (Å²) in [5.41, 5.74) is 0.679. The number of H-pyrrole nitrogens is 1. The third-order valence-electron chi connectivity index (χ3n) is 3.58. The van der Waals surface area contributed by atoms with Crippen molar-refractivity contribution in [2.24, 2.45) is 0 Å². The predicted molar refractivity (Wildman–Crippen MR) is 75.9 cm³/mol. The molecule has 1 aromatic heterocycles. The van der Waals surface area contributed by atoms with Gasteiger partial charge in [-0.05, 0) is 20.0 Å². The van der Waals surface area contributed by atoms with Gasteiger partial charge in [-0.15, -0.1) is 0 Å². The van der Waals surface area contributed by atoms with Gasteiger partial charge in [0.25, 0.3) is 0 Å². The summed E-state index contributed by atoms with van der Waals surface area (Å²) < 4.78 is 0. The summed E-state index contributed by atoms with van der Waals surface area (Å²) in [6.07, 6.45) is 4.13. The molecule has 1 aliphatic heterocycles. The number of carboxylic acid groups (broad SMARTS) is 1. The minimum Gasteiger partial charge on any atom is -0.480 e. The van der Waals surface area contributed by atoms with Gasteiger partial charge in [0.1, 0.15) is 6.04 Å². The van der Waals surface area contributed by atoms with E-state index in [0.717, 1.165) is 19.5 Å². The number of carbonyl (C=O) groups is 2. The lowest BCUT2D eigenvalue weighted by atomic mass is 10.1. The molecule has 116 valence electrons. The van der Waals surface area contributed by atoms with Crippen LogP contribution in [-0.2, 0) is 11.2 Å². The van der Waals surface area contributed by atoms with E-state index in [0.29, 0.717) is 18.8 Å². The molecule has 1 saturated heterocycles. The monoisotopic (exact) mass is 295 g/mol. The minimum atomic E-state index is -1.05. The van der Waals surface area contributed by atoms with E-state index >= 15 is 0 Å². The summed E-state index contributed by atoms with van der Waals surface area (Å²) in [4.78, 5) is 34.0. The first-order valence-corrected chi connectivity index (χ1v) is 7.00. The van der Waals surface area contributed by atoms with Gasteiger partial charge in [-0.1, -0.05) is 0 Å². The quantitative estimate of drug-likeness (QED) is 0.711. The maximum absolute atomic E-state index is 12.2. The summed E-state index contributed by atoms with van der Waals surface area (Å²) in [5, 5.41) is 11.8. The summed E-state index contributed by atoms with van der Waals surface area (Å²) in [5.74, 6) is -1.05. The molecule has 1 atom stereocenters. The number of hydrogen-bond acceptors (Lipinski definition) is 4. The molecule has 1 unspecified atom stereocenters. The van der Waals surface area contributed by atoms with E-state index in [9.17, 15) is 14.7 Å². The Morgan fingerprint density at radius 3 is 2.90 bits per heavy atom. The topological polar surface area (TPSA) is 102 Å². The van der Waals surface area contributed by atoms with E-state index < -0.39 is 12.0 Å². The molecule has 0 saturated carbocycles. The van der Waals surface area contributed by atoms with E-state index in [1.807, 2.05) is 7.05 Å². The average Bonchev–Trinajstić information content (AvgIpc) is 2.85. The Labute approximate surface area is 123 Å². The predicted octanol–water partition coefficient (Wildman–Crippen LogP) is -0.247. The number of imidazole rings is 1. The van der Waals surface area contributed by atoms with Crippen LogP contribution in [0.1, 0.15) is 12.1 Å². The number of aliphatic carboxylic acids is 1. The second-order valence-electron chi connectivity index (χ2n) is 5.27. The van der Waals surface area contributed by atoms with Gasteiger partial charge in [-0.3, -0.25) is 0 Å². The van der Waals surface area contributed by atoms with Crippen LogP contribution < -0.4 is 5.32 Å². The van der Waals surface area contributed by atoms with E-state index in [1.54, 1.807) is 11.1 Å². The van der Waals surface area contributed by atoms with Crippen molar-refractivity contribution in [3.05, 3.63) is 18.2 Å². The van der Waals surface area contributed by atoms with E-state index in [2.05, 4.69) is 20.2 Å². The number of aromatic nitrogens is 2. The Morgan fingerprint density at radius 1 is 1.43 bits per heavy atom. The average molecular weight is 295 g/mol. The number of rotatable bonds is 4. The highest BCUT2D eigenvalue weighted by atomic mass is 16.4. The zero-order valence-corrected chi connectivity index (χ0v) is 12.1. The number of carboxylic acids is 1. The maximum Gasteiger partial charge on any atom is 0.326 e. The molecule has 0 spiro atoms. The molecule has 2 rings (SSSR count). The molecule has 2 heterocycles. The molecular formula is C13H21N5O3. The molecule has 0 aliphatic carbocycles. The molecule has 0 bridgehead atoms. The van der Waals surface area contributed by atoms with Crippen molar-refractivity contribution >= 4 is 12.0 Å². The molecule has 0 aromatic carbocycles. The number of nitrogens with zero attached hydrogens (tertiary/aromatic N) is 3. The number of carbonyl (C=O) groups excluding carboxylic acids is 1. The van der Waals surface area contributed by atoms with Crippen LogP contribution in [0, 0.1) is 0 Å². The van der Waals surface area contributed by atoms with Crippen LogP contribution >= 0.6 is 0 Å². The SMILES string of the molecule is CN1CCCN(C(=O)NC(Cc2cnc[nH]2)C(=O)O)CC1. The number of amides is 2. The normalized spacial score (nSPS) is 18.0. The number of likely N-dealkylation sites (N-methyl/N-ethyl adjacent to an activating group) is 1. The molecule has 1 fully saturated rings. The van der Waals surface area contributed by atoms with Crippen molar-refractivity contribution in [3.8, 4) is 0 Å². The number of nitrogens with one attached hydrogen (secondary N) is 2. The van der Waals surface area contributed by atoms with Crippen LogP contribution in [0.5, 0.6) is 0 Å². The van der Waals surface area contributed by atoms with Crippen molar-refractivity contribution in [1.29, 1.82) is 0 Å². The first kappa shape index (κ1) is 15.3. The lowest BCUT2D eigenvalue weighted by Gasteiger charge is -2.23. The fourth-order valence-electron chi connectivity index (χ4n) is 2.31.